The van der Waals surface area contributed by atoms with E-state index in [9.17, 15) is 18.0 Å². The molecule has 0 fully saturated rings. The number of amides is 1. The highest BCUT2D eigenvalue weighted by Gasteiger charge is 2.33. The molecular weight excluding hydrogens is 370 g/mol. The average molecular weight is 379 g/mol. The van der Waals surface area contributed by atoms with Crippen LogP contribution in [0.2, 0.25) is 0 Å². The van der Waals surface area contributed by atoms with Gasteiger partial charge in [0.2, 0.25) is 0 Å². The molecule has 1 aromatic rings. The summed E-state index contributed by atoms with van der Waals surface area (Å²) in [5, 5.41) is 10.2. The fourth-order valence-electron chi connectivity index (χ4n) is 1.19. The summed E-state index contributed by atoms with van der Waals surface area (Å²) in [6, 6.07) is 1.52. The number of thiophene rings is 1. The number of halogens is 4. The average Bonchev–Trinajstić information content (AvgIpc) is 2.61. The van der Waals surface area contributed by atoms with E-state index in [1.54, 1.807) is 0 Å². The lowest BCUT2D eigenvalue weighted by Crippen LogP contribution is -2.40. The Kier molecular flexibility index (Phi) is 5.20. The van der Waals surface area contributed by atoms with Crippen molar-refractivity contribution in [2.75, 3.05) is 19.7 Å². The zero-order valence-corrected chi connectivity index (χ0v) is 11.5. The molecule has 1 heterocycles. The molecule has 0 aliphatic rings. The third-order valence-corrected chi connectivity index (χ3v) is 3.63. The monoisotopic (exact) mass is 379 g/mol. The molecule has 1 rings (SSSR count). The fraction of sp³-hybridized carbons (Fsp3) is 0.444. The molecule has 0 atom stereocenters. The van der Waals surface area contributed by atoms with Crippen molar-refractivity contribution in [3.05, 3.63) is 19.9 Å². The Morgan fingerprint density at radius 1 is 1.53 bits per heavy atom. The van der Waals surface area contributed by atoms with Crippen LogP contribution in [0.1, 0.15) is 10.4 Å². The zero-order chi connectivity index (χ0) is 13.1. The second-order valence-corrected chi connectivity index (χ2v) is 6.01. The topological polar surface area (TPSA) is 40.5 Å². The number of rotatable bonds is 4. The van der Waals surface area contributed by atoms with Crippen LogP contribution in [0.15, 0.2) is 11.4 Å². The molecule has 8 heteroatoms. The summed E-state index contributed by atoms with van der Waals surface area (Å²) in [7, 11) is 0. The van der Waals surface area contributed by atoms with E-state index in [0.717, 1.165) is 2.88 Å². The van der Waals surface area contributed by atoms with Crippen LogP contribution >= 0.6 is 33.9 Å². The maximum Gasteiger partial charge on any atom is 0.406 e. The molecule has 3 nitrogen and oxygen atoms in total. The van der Waals surface area contributed by atoms with Gasteiger partial charge < -0.3 is 10.0 Å². The lowest BCUT2D eigenvalue weighted by Gasteiger charge is -2.22. The second-order valence-electron chi connectivity index (χ2n) is 3.20. The summed E-state index contributed by atoms with van der Waals surface area (Å²) in [5.41, 5.74) is 0.220. The number of carbonyl (C=O) groups is 1. The van der Waals surface area contributed by atoms with Gasteiger partial charge in [-0.05, 0) is 28.7 Å². The molecule has 0 spiro atoms. The van der Waals surface area contributed by atoms with Crippen LogP contribution in [0.4, 0.5) is 13.2 Å². The van der Waals surface area contributed by atoms with Crippen LogP contribution in [0.5, 0.6) is 0 Å². The van der Waals surface area contributed by atoms with Crippen LogP contribution in [0, 0.1) is 2.88 Å². The van der Waals surface area contributed by atoms with Gasteiger partial charge in [0.05, 0.1) is 15.1 Å². The summed E-state index contributed by atoms with van der Waals surface area (Å²) >= 11 is 3.26. The van der Waals surface area contributed by atoms with Gasteiger partial charge >= 0.3 is 6.18 Å². The predicted molar refractivity (Wildman–Crippen MR) is 66.1 cm³/mol. The van der Waals surface area contributed by atoms with Crippen LogP contribution in [0.3, 0.4) is 0 Å². The lowest BCUT2D eigenvalue weighted by molar-refractivity contribution is -0.141. The molecule has 0 saturated carbocycles. The first-order chi connectivity index (χ1) is 7.83. The maximum atomic E-state index is 12.2. The SMILES string of the molecule is O=C(c1csc(I)c1)N(CCO)CC(F)(F)F. The Morgan fingerprint density at radius 2 is 2.18 bits per heavy atom. The number of carbonyl (C=O) groups excluding carboxylic acids is 1. The molecule has 1 N–H and O–H groups in total. The zero-order valence-electron chi connectivity index (χ0n) is 8.50. The first-order valence-corrected chi connectivity index (χ1v) is 6.50. The van der Waals surface area contributed by atoms with E-state index < -0.39 is 25.2 Å². The minimum absolute atomic E-state index is 0.220. The van der Waals surface area contributed by atoms with Gasteiger partial charge in [0.15, 0.2) is 0 Å². The number of aliphatic hydroxyl groups excluding tert-OH is 1. The first kappa shape index (κ1) is 14.7. The third kappa shape index (κ3) is 4.80. The van der Waals surface area contributed by atoms with E-state index in [1.807, 2.05) is 22.6 Å². The standard InChI is InChI=1S/C9H9F3INO2S/c10-9(11,12)5-14(1-2-15)8(16)6-3-7(13)17-4-6/h3-4,15H,1-2,5H2. The molecule has 0 aliphatic carbocycles. The fourth-order valence-corrected chi connectivity index (χ4v) is 2.51. The van der Waals surface area contributed by atoms with Crippen molar-refractivity contribution < 1.29 is 23.1 Å². The molecule has 0 saturated heterocycles. The van der Waals surface area contributed by atoms with Crippen LogP contribution < -0.4 is 0 Å². The van der Waals surface area contributed by atoms with Gasteiger partial charge in [-0.1, -0.05) is 0 Å². The molecule has 17 heavy (non-hydrogen) atoms. The van der Waals surface area contributed by atoms with E-state index >= 15 is 0 Å². The first-order valence-electron chi connectivity index (χ1n) is 4.54. The predicted octanol–water partition coefficient (Wildman–Crippen LogP) is 2.35. The van der Waals surface area contributed by atoms with Crippen molar-refractivity contribution >= 4 is 39.8 Å². The minimum Gasteiger partial charge on any atom is -0.395 e. The van der Waals surface area contributed by atoms with Gasteiger partial charge in [-0.15, -0.1) is 11.3 Å². The summed E-state index contributed by atoms with van der Waals surface area (Å²) in [6.07, 6.45) is -4.46. The van der Waals surface area contributed by atoms with E-state index in [4.69, 9.17) is 5.11 Å². The van der Waals surface area contributed by atoms with E-state index in [2.05, 4.69) is 0 Å². The van der Waals surface area contributed by atoms with Crippen molar-refractivity contribution in [2.45, 2.75) is 6.18 Å². The maximum absolute atomic E-state index is 12.2. The van der Waals surface area contributed by atoms with Gasteiger partial charge in [-0.3, -0.25) is 4.79 Å². The van der Waals surface area contributed by atoms with Crippen molar-refractivity contribution in [3.63, 3.8) is 0 Å². The normalized spacial score (nSPS) is 11.6. The molecular formula is C9H9F3INO2S. The minimum atomic E-state index is -4.46. The van der Waals surface area contributed by atoms with E-state index in [0.29, 0.717) is 4.90 Å². The molecule has 0 bridgehead atoms. The number of aliphatic hydroxyl groups is 1. The van der Waals surface area contributed by atoms with Crippen LogP contribution in [-0.2, 0) is 0 Å². The van der Waals surface area contributed by atoms with Gasteiger partial charge in [0, 0.05) is 11.9 Å². The van der Waals surface area contributed by atoms with Crippen molar-refractivity contribution in [2.24, 2.45) is 0 Å². The molecule has 0 aliphatic heterocycles. The van der Waals surface area contributed by atoms with Gasteiger partial charge in [-0.2, -0.15) is 13.2 Å². The largest absolute Gasteiger partial charge is 0.406 e. The molecule has 0 radical (unpaired) electrons. The summed E-state index contributed by atoms with van der Waals surface area (Å²) in [4.78, 5) is 12.3. The van der Waals surface area contributed by atoms with Crippen molar-refractivity contribution in [3.8, 4) is 0 Å². The second kappa shape index (κ2) is 6.01. The number of alkyl halides is 3. The van der Waals surface area contributed by atoms with Gasteiger partial charge in [0.25, 0.3) is 5.91 Å². The quantitative estimate of drug-likeness (QED) is 0.817. The Balaban J connectivity index is 2.80. The van der Waals surface area contributed by atoms with Crippen molar-refractivity contribution in [1.82, 2.24) is 4.90 Å². The summed E-state index contributed by atoms with van der Waals surface area (Å²) in [5.74, 6) is -0.712. The van der Waals surface area contributed by atoms with Crippen LogP contribution in [-0.4, -0.2) is 41.8 Å². The Labute approximate surface area is 113 Å². The molecule has 0 unspecified atom stereocenters. The van der Waals surface area contributed by atoms with E-state index in [-0.39, 0.29) is 12.1 Å². The van der Waals surface area contributed by atoms with E-state index in [1.165, 1.54) is 22.8 Å². The third-order valence-electron chi connectivity index (χ3n) is 1.84. The number of hydrogen-bond donors (Lipinski definition) is 1. The van der Waals surface area contributed by atoms with Gasteiger partial charge in [0.1, 0.15) is 6.54 Å². The number of nitrogens with zero attached hydrogens (tertiary/aromatic N) is 1. The Hall–Kier alpha value is -0.350. The molecule has 1 aromatic heterocycles. The number of hydrogen-bond acceptors (Lipinski definition) is 3. The summed E-state index contributed by atoms with van der Waals surface area (Å²) in [6.45, 7) is -2.17. The Morgan fingerprint density at radius 3 is 2.59 bits per heavy atom. The van der Waals surface area contributed by atoms with Gasteiger partial charge in [-0.25, -0.2) is 0 Å². The Bertz CT molecular complexity index is 394. The van der Waals surface area contributed by atoms with Crippen molar-refractivity contribution in [1.29, 1.82) is 0 Å². The molecule has 1 amide bonds. The lowest BCUT2D eigenvalue weighted by atomic mass is 10.3. The smallest absolute Gasteiger partial charge is 0.395 e. The highest BCUT2D eigenvalue weighted by atomic mass is 127. The summed E-state index contributed by atoms with van der Waals surface area (Å²) < 4.78 is 37.5. The molecule has 0 aromatic carbocycles. The van der Waals surface area contributed by atoms with Crippen LogP contribution in [0.25, 0.3) is 0 Å². The highest BCUT2D eigenvalue weighted by molar-refractivity contribution is 14.1. The highest BCUT2D eigenvalue weighted by Crippen LogP contribution is 2.21. The molecule has 96 valence electrons.